The predicted octanol–water partition coefficient (Wildman–Crippen LogP) is 6.05. The molecule has 0 amide bonds. The third-order valence-electron chi connectivity index (χ3n) is 6.52. The molecular weight excluding hydrogens is 599 g/mol. The summed E-state index contributed by atoms with van der Waals surface area (Å²) in [6.07, 6.45) is -5.26. The molecule has 0 atom stereocenters. The van der Waals surface area contributed by atoms with Crippen molar-refractivity contribution in [3.05, 3.63) is 132 Å². The number of H-pyrrole nitrogens is 2. The quantitative estimate of drug-likeness (QED) is 0.216. The number of alkyl halides is 3. The number of hydrogen-bond donors (Lipinski definition) is 2. The number of nitrogens with one attached hydrogen (secondary N) is 2. The monoisotopic (exact) mass is 619 g/mol. The topological polar surface area (TPSA) is 134 Å². The summed E-state index contributed by atoms with van der Waals surface area (Å²) in [5.41, 5.74) is -1.03. The molecule has 13 heteroatoms. The normalized spacial score (nSPS) is 11.2. The second kappa shape index (κ2) is 12.4. The molecule has 0 radical (unpaired) electrons. The van der Waals surface area contributed by atoms with Crippen LogP contribution in [0.2, 0.25) is 5.02 Å². The van der Waals surface area contributed by atoms with Crippen LogP contribution in [-0.2, 0) is 19.0 Å². The van der Waals surface area contributed by atoms with Gasteiger partial charge in [0.15, 0.2) is 5.69 Å². The van der Waals surface area contributed by atoms with Crippen LogP contribution in [0.5, 0.6) is 17.2 Å². The van der Waals surface area contributed by atoms with E-state index in [2.05, 4.69) is 20.2 Å². The highest BCUT2D eigenvalue weighted by Crippen LogP contribution is 2.36. The highest BCUT2D eigenvalue weighted by molar-refractivity contribution is 6.30. The van der Waals surface area contributed by atoms with E-state index in [9.17, 15) is 22.8 Å². The lowest BCUT2D eigenvalue weighted by Gasteiger charge is -2.16. The van der Waals surface area contributed by atoms with Crippen molar-refractivity contribution in [2.24, 2.45) is 0 Å². The molecule has 0 unspecified atom stereocenters. The van der Waals surface area contributed by atoms with E-state index in [-0.39, 0.29) is 46.3 Å². The summed E-state index contributed by atoms with van der Waals surface area (Å²) in [5.74, 6) is -1.12. The zero-order valence-electron chi connectivity index (χ0n) is 22.8. The van der Waals surface area contributed by atoms with Gasteiger partial charge in [-0.2, -0.15) is 23.5 Å². The van der Waals surface area contributed by atoms with Gasteiger partial charge in [-0.15, -0.1) is 0 Å². The van der Waals surface area contributed by atoms with E-state index in [0.29, 0.717) is 16.9 Å². The summed E-state index contributed by atoms with van der Waals surface area (Å²) in [4.78, 5) is 32.1. The van der Waals surface area contributed by atoms with Crippen LogP contribution in [0.25, 0.3) is 11.1 Å². The Morgan fingerprint density at radius 3 is 2.34 bits per heavy atom. The number of methoxy groups -OCH3 is 1. The molecule has 2 heterocycles. The van der Waals surface area contributed by atoms with Crippen molar-refractivity contribution in [1.29, 1.82) is 5.26 Å². The second-order valence-corrected chi connectivity index (χ2v) is 9.93. The fourth-order valence-corrected chi connectivity index (χ4v) is 4.78. The number of ether oxygens (including phenoxy) is 2. The first-order chi connectivity index (χ1) is 21.0. The van der Waals surface area contributed by atoms with E-state index in [1.165, 1.54) is 13.2 Å². The van der Waals surface area contributed by atoms with E-state index in [0.717, 1.165) is 17.7 Å². The van der Waals surface area contributed by atoms with E-state index in [4.69, 9.17) is 26.3 Å². The van der Waals surface area contributed by atoms with Crippen LogP contribution in [0.3, 0.4) is 0 Å². The van der Waals surface area contributed by atoms with Crippen LogP contribution in [-0.4, -0.2) is 27.3 Å². The average molecular weight is 620 g/mol. The van der Waals surface area contributed by atoms with Crippen molar-refractivity contribution >= 4 is 11.6 Å². The van der Waals surface area contributed by atoms with Gasteiger partial charge in [0.05, 0.1) is 36.4 Å². The number of halogens is 4. The number of hydrogen-bond acceptors (Lipinski definition) is 7. The number of rotatable bonds is 8. The van der Waals surface area contributed by atoms with Crippen molar-refractivity contribution in [2.45, 2.75) is 19.0 Å². The summed E-state index contributed by atoms with van der Waals surface area (Å²) in [5, 5.41) is 15.8. The summed E-state index contributed by atoms with van der Waals surface area (Å²) in [7, 11) is 1.53. The standard InChI is InChI=1S/C31H21ClF3N5O4/c1-43-21-9-7-17(8-10-21)13-23-24(39-40-29(41)26(23)19-5-3-2-4-6-19)15-25-37-28(31(33,34)35)27(30(42)38-25)44-22-12-18(16-36)11-20(32)14-22/h2-12,14H,13,15H2,1H3,(H,40,41)(H,37,38,42). The summed E-state index contributed by atoms with van der Waals surface area (Å²) < 4.78 is 53.1. The van der Waals surface area contributed by atoms with Gasteiger partial charge in [-0.25, -0.2) is 10.1 Å². The van der Waals surface area contributed by atoms with Gasteiger partial charge >= 0.3 is 6.18 Å². The minimum atomic E-state index is -5.09. The number of nitriles is 1. The fraction of sp³-hybridized carbons (Fsp3) is 0.129. The minimum absolute atomic E-state index is 0.0184. The third-order valence-corrected chi connectivity index (χ3v) is 6.74. The smallest absolute Gasteiger partial charge is 0.437 e. The van der Waals surface area contributed by atoms with Crippen molar-refractivity contribution in [2.75, 3.05) is 7.11 Å². The predicted molar refractivity (Wildman–Crippen MR) is 155 cm³/mol. The molecule has 0 aliphatic heterocycles. The van der Waals surface area contributed by atoms with Crippen LogP contribution in [0.1, 0.15) is 33.9 Å². The van der Waals surface area contributed by atoms with Gasteiger partial charge < -0.3 is 14.5 Å². The van der Waals surface area contributed by atoms with Gasteiger partial charge in [0.1, 0.15) is 17.3 Å². The molecule has 44 heavy (non-hydrogen) atoms. The Morgan fingerprint density at radius 2 is 1.68 bits per heavy atom. The SMILES string of the molecule is COc1ccc(Cc2c(Cc3nc(C(F)(F)F)c(Oc4cc(Cl)cc(C#N)c4)c(=O)[nH]3)n[nH]c(=O)c2-c2ccccc2)cc1. The molecule has 0 saturated heterocycles. The number of aromatic nitrogens is 4. The highest BCUT2D eigenvalue weighted by Gasteiger charge is 2.39. The third kappa shape index (κ3) is 6.63. The Morgan fingerprint density at radius 1 is 0.955 bits per heavy atom. The van der Waals surface area contributed by atoms with Gasteiger partial charge in [-0.1, -0.05) is 54.1 Å². The molecule has 0 fully saturated rings. The van der Waals surface area contributed by atoms with Crippen molar-refractivity contribution in [3.8, 4) is 34.4 Å². The second-order valence-electron chi connectivity index (χ2n) is 9.50. The Kier molecular flexibility index (Phi) is 8.50. The van der Waals surface area contributed by atoms with Crippen LogP contribution < -0.4 is 20.6 Å². The average Bonchev–Trinajstić information content (AvgIpc) is 2.99. The first-order valence-electron chi connectivity index (χ1n) is 12.9. The van der Waals surface area contributed by atoms with Gasteiger partial charge in [0.25, 0.3) is 11.1 Å². The molecule has 3 aromatic carbocycles. The number of benzene rings is 3. The Balaban J connectivity index is 1.61. The van der Waals surface area contributed by atoms with Crippen LogP contribution >= 0.6 is 11.6 Å². The van der Waals surface area contributed by atoms with Gasteiger partial charge in [0.2, 0.25) is 5.75 Å². The molecule has 5 aromatic rings. The maximum atomic E-state index is 14.2. The van der Waals surface area contributed by atoms with E-state index in [1.54, 1.807) is 54.6 Å². The molecule has 0 bridgehead atoms. The summed E-state index contributed by atoms with van der Waals surface area (Å²) in [6.45, 7) is 0. The van der Waals surface area contributed by atoms with Crippen LogP contribution in [0.15, 0.2) is 82.4 Å². The number of aromatic amines is 2. The van der Waals surface area contributed by atoms with E-state index in [1.807, 2.05) is 6.07 Å². The van der Waals surface area contributed by atoms with Crippen molar-refractivity contribution < 1.29 is 22.6 Å². The molecule has 2 aromatic heterocycles. The molecule has 9 nitrogen and oxygen atoms in total. The van der Waals surface area contributed by atoms with Crippen molar-refractivity contribution in [1.82, 2.24) is 20.2 Å². The first kappa shape index (κ1) is 30.1. The van der Waals surface area contributed by atoms with E-state index < -0.39 is 28.7 Å². The highest BCUT2D eigenvalue weighted by atomic mass is 35.5. The maximum Gasteiger partial charge on any atom is 0.437 e. The molecule has 0 saturated carbocycles. The van der Waals surface area contributed by atoms with Crippen molar-refractivity contribution in [3.63, 3.8) is 0 Å². The first-order valence-corrected chi connectivity index (χ1v) is 13.3. The van der Waals surface area contributed by atoms with E-state index >= 15 is 0 Å². The molecule has 5 rings (SSSR count). The molecule has 2 N–H and O–H groups in total. The molecule has 0 aliphatic rings. The largest absolute Gasteiger partial charge is 0.497 e. The van der Waals surface area contributed by atoms with Gasteiger partial charge in [-0.3, -0.25) is 9.59 Å². The summed E-state index contributed by atoms with van der Waals surface area (Å²) in [6, 6.07) is 21.2. The maximum absolute atomic E-state index is 14.2. The fourth-order valence-electron chi connectivity index (χ4n) is 4.56. The Hall–Kier alpha value is -5.41. The van der Waals surface area contributed by atoms with Gasteiger partial charge in [-0.05, 0) is 47.0 Å². The zero-order valence-corrected chi connectivity index (χ0v) is 23.6. The zero-order chi connectivity index (χ0) is 31.4. The number of nitrogens with zero attached hydrogens (tertiary/aromatic N) is 3. The van der Waals surface area contributed by atoms with Crippen LogP contribution in [0.4, 0.5) is 13.2 Å². The lowest BCUT2D eigenvalue weighted by atomic mass is 9.94. The lowest BCUT2D eigenvalue weighted by molar-refractivity contribution is -0.142. The molecule has 222 valence electrons. The Bertz CT molecular complexity index is 1990. The van der Waals surface area contributed by atoms with Crippen LogP contribution in [0, 0.1) is 11.3 Å². The minimum Gasteiger partial charge on any atom is -0.497 e. The summed E-state index contributed by atoms with van der Waals surface area (Å²) >= 11 is 5.94. The van der Waals surface area contributed by atoms with Gasteiger partial charge in [0, 0.05) is 11.4 Å². The molecule has 0 spiro atoms. The lowest BCUT2D eigenvalue weighted by Crippen LogP contribution is -2.23. The molecule has 0 aliphatic carbocycles. The molecular formula is C31H21ClF3N5O4. The Labute approximate surface area is 252 Å².